The average Bonchev–Trinajstić information content (AvgIpc) is 4.13. The molecule has 0 saturated heterocycles. The van der Waals surface area contributed by atoms with Crippen molar-refractivity contribution in [3.05, 3.63) is 235 Å². The lowest BCUT2D eigenvalue weighted by Crippen LogP contribution is -2.46. The first-order valence-corrected chi connectivity index (χ1v) is 23.3. The molecule has 4 aliphatic rings. The zero-order valence-corrected chi connectivity index (χ0v) is 36.2. The maximum Gasteiger partial charge on any atom is 0.0654 e. The lowest BCUT2D eigenvalue weighted by Gasteiger charge is -2.45. The molecule has 1 aromatic heterocycles. The highest BCUT2D eigenvalue weighted by atomic mass is 15.2. The number of fused-ring (bicyclic) bond motifs is 11. The maximum absolute atomic E-state index is 2.69. The third-order valence-electron chi connectivity index (χ3n) is 15.8. The number of anilines is 2. The van der Waals surface area contributed by atoms with Gasteiger partial charge in [0.15, 0.2) is 0 Å². The molecule has 0 N–H and O–H groups in total. The average molecular weight is 823 g/mol. The van der Waals surface area contributed by atoms with E-state index in [-0.39, 0.29) is 11.5 Å². The summed E-state index contributed by atoms with van der Waals surface area (Å²) in [4.78, 5) is 2.69. The zero-order chi connectivity index (χ0) is 42.4. The van der Waals surface area contributed by atoms with Gasteiger partial charge in [0.25, 0.3) is 0 Å². The van der Waals surface area contributed by atoms with Gasteiger partial charge in [0.2, 0.25) is 0 Å². The largest absolute Gasteiger partial charge is 0.333 e. The molecule has 13 rings (SSSR count). The molecule has 9 aromatic rings. The maximum atomic E-state index is 2.69. The van der Waals surface area contributed by atoms with Gasteiger partial charge < -0.3 is 9.47 Å². The van der Waals surface area contributed by atoms with Crippen LogP contribution in [0.25, 0.3) is 60.9 Å². The Bertz CT molecular complexity index is 3340. The molecule has 2 heteroatoms. The molecule has 0 aliphatic heterocycles. The summed E-state index contributed by atoms with van der Waals surface area (Å²) in [5.74, 6) is 1.49. The van der Waals surface area contributed by atoms with E-state index in [1.54, 1.807) is 11.1 Å². The van der Waals surface area contributed by atoms with Crippen molar-refractivity contribution >= 4 is 33.2 Å². The van der Waals surface area contributed by atoms with Crippen LogP contribution in [0.15, 0.2) is 218 Å². The highest BCUT2D eigenvalue weighted by Gasteiger charge is 2.57. The van der Waals surface area contributed by atoms with Crippen molar-refractivity contribution in [2.24, 2.45) is 11.8 Å². The van der Waals surface area contributed by atoms with Gasteiger partial charge >= 0.3 is 0 Å². The number of rotatable bonds is 7. The van der Waals surface area contributed by atoms with Crippen molar-refractivity contribution in [1.29, 1.82) is 0 Å². The van der Waals surface area contributed by atoms with Gasteiger partial charge in [-0.25, -0.2) is 0 Å². The Morgan fingerprint density at radius 1 is 0.500 bits per heavy atom. The minimum atomic E-state index is -0.422. The van der Waals surface area contributed by atoms with Crippen LogP contribution in [0.4, 0.5) is 11.4 Å². The van der Waals surface area contributed by atoms with Crippen molar-refractivity contribution in [3.63, 3.8) is 0 Å². The summed E-state index contributed by atoms with van der Waals surface area (Å²) in [5, 5.41) is 2.52. The van der Waals surface area contributed by atoms with E-state index in [1.807, 2.05) is 0 Å². The smallest absolute Gasteiger partial charge is 0.0654 e. The van der Waals surface area contributed by atoms with Crippen LogP contribution in [0.5, 0.6) is 0 Å². The Balaban J connectivity index is 1.04. The summed E-state index contributed by atoms with van der Waals surface area (Å²) < 4.78 is 2.43. The Morgan fingerprint density at radius 2 is 1.12 bits per heavy atom. The predicted molar refractivity (Wildman–Crippen MR) is 268 cm³/mol. The topological polar surface area (TPSA) is 8.17 Å². The van der Waals surface area contributed by atoms with E-state index < -0.39 is 5.41 Å². The first-order valence-electron chi connectivity index (χ1n) is 23.3. The number of para-hydroxylation sites is 2. The Hall–Kier alpha value is -7.16. The van der Waals surface area contributed by atoms with Crippen molar-refractivity contribution in [2.45, 2.75) is 49.5 Å². The third kappa shape index (κ3) is 5.45. The Labute approximate surface area is 376 Å². The molecular weight excluding hydrogens is 773 g/mol. The van der Waals surface area contributed by atoms with Gasteiger partial charge in [0, 0.05) is 38.7 Å². The number of hydrogen-bond donors (Lipinski definition) is 0. The summed E-state index contributed by atoms with van der Waals surface area (Å²) >= 11 is 0. The molecule has 2 bridgehead atoms. The lowest BCUT2D eigenvalue weighted by atomic mass is 9.66. The predicted octanol–water partition coefficient (Wildman–Crippen LogP) is 15.8. The van der Waals surface area contributed by atoms with Gasteiger partial charge in [-0.3, -0.25) is 0 Å². The number of aromatic nitrogens is 1. The molecule has 0 amide bonds. The SMILES string of the molecule is CC1(c2ccccc2-c2ccccc2-c2ccccc2)C=CC=CC1N(c1ccc2c(c1)C1(CC3CCC1C3)c1ccccc1-2)c1ccc2c(c1)c1ccccc1n2-c1ccccc1. The fourth-order valence-electron chi connectivity index (χ4n) is 13.1. The van der Waals surface area contributed by atoms with E-state index in [9.17, 15) is 0 Å². The summed E-state index contributed by atoms with van der Waals surface area (Å²) in [5.41, 5.74) is 18.0. The molecule has 5 unspecified atom stereocenters. The molecule has 2 fully saturated rings. The van der Waals surface area contributed by atoms with Crippen LogP contribution >= 0.6 is 0 Å². The fourth-order valence-corrected chi connectivity index (χ4v) is 13.1. The molecule has 5 atom stereocenters. The zero-order valence-electron chi connectivity index (χ0n) is 36.2. The minimum Gasteiger partial charge on any atom is -0.333 e. The number of hydrogen-bond acceptors (Lipinski definition) is 1. The summed E-state index contributed by atoms with van der Waals surface area (Å²) in [6.07, 6.45) is 14.8. The van der Waals surface area contributed by atoms with Crippen molar-refractivity contribution in [1.82, 2.24) is 4.57 Å². The van der Waals surface area contributed by atoms with E-state index in [4.69, 9.17) is 0 Å². The van der Waals surface area contributed by atoms with E-state index in [0.717, 1.165) is 5.92 Å². The molecule has 2 nitrogen and oxygen atoms in total. The van der Waals surface area contributed by atoms with Gasteiger partial charge in [-0.15, -0.1) is 0 Å². The van der Waals surface area contributed by atoms with Gasteiger partial charge in [-0.1, -0.05) is 176 Å². The third-order valence-corrected chi connectivity index (χ3v) is 15.8. The van der Waals surface area contributed by atoms with Gasteiger partial charge in [0.1, 0.15) is 0 Å². The molecule has 308 valence electrons. The van der Waals surface area contributed by atoms with Crippen LogP contribution in [-0.4, -0.2) is 10.6 Å². The van der Waals surface area contributed by atoms with Crippen LogP contribution < -0.4 is 4.90 Å². The van der Waals surface area contributed by atoms with E-state index in [0.29, 0.717) is 5.92 Å². The molecule has 2 saturated carbocycles. The van der Waals surface area contributed by atoms with Gasteiger partial charge in [0.05, 0.1) is 17.1 Å². The quantitative estimate of drug-likeness (QED) is 0.155. The van der Waals surface area contributed by atoms with E-state index in [1.165, 1.54) is 103 Å². The second kappa shape index (κ2) is 14.4. The Kier molecular flexibility index (Phi) is 8.44. The Morgan fingerprint density at radius 3 is 1.91 bits per heavy atom. The summed E-state index contributed by atoms with van der Waals surface area (Å²) in [6.45, 7) is 2.47. The van der Waals surface area contributed by atoms with Crippen LogP contribution in [0, 0.1) is 11.8 Å². The van der Waals surface area contributed by atoms with Crippen LogP contribution in [0.1, 0.15) is 49.3 Å². The molecule has 8 aromatic carbocycles. The standard InChI is InChI=1S/C62H50N2/c1-61(55-27-13-10-24-50(55)49-23-9-8-22-48(49)43-18-4-2-5-19-43)37-17-16-30-60(61)63(46-34-36-59-54(39-46)53-26-12-15-29-58(53)64(59)45-20-6-3-7-21-45)47-33-35-52-51-25-11-14-28-56(51)62(57(52)40-47)41-42-31-32-44(62)38-42/h2-30,33-37,39-40,42,44,60H,31-32,38,41H2,1H3. The summed E-state index contributed by atoms with van der Waals surface area (Å²) in [6, 6.07) is 72.8. The van der Waals surface area contributed by atoms with Gasteiger partial charge in [-0.05, 0) is 137 Å². The van der Waals surface area contributed by atoms with E-state index in [2.05, 4.69) is 235 Å². The normalized spacial score (nSPS) is 22.7. The number of allylic oxidation sites excluding steroid dienone is 2. The highest BCUT2D eigenvalue weighted by Crippen LogP contribution is 2.66. The molecular formula is C62H50N2. The first-order chi connectivity index (χ1) is 31.6. The van der Waals surface area contributed by atoms with E-state index >= 15 is 0 Å². The van der Waals surface area contributed by atoms with Crippen LogP contribution in [0.2, 0.25) is 0 Å². The minimum absolute atomic E-state index is 0.0553. The number of nitrogens with zero attached hydrogens (tertiary/aromatic N) is 2. The molecule has 64 heavy (non-hydrogen) atoms. The molecule has 1 spiro atoms. The van der Waals surface area contributed by atoms with Gasteiger partial charge in [-0.2, -0.15) is 0 Å². The monoisotopic (exact) mass is 822 g/mol. The fraction of sp³-hybridized carbons (Fsp3) is 0.161. The highest BCUT2D eigenvalue weighted by molar-refractivity contribution is 6.10. The van der Waals surface area contributed by atoms with Crippen molar-refractivity contribution in [2.75, 3.05) is 4.90 Å². The second-order valence-corrected chi connectivity index (χ2v) is 19.0. The van der Waals surface area contributed by atoms with Crippen molar-refractivity contribution < 1.29 is 0 Å². The lowest BCUT2D eigenvalue weighted by molar-refractivity contribution is 0.327. The second-order valence-electron chi connectivity index (χ2n) is 19.0. The molecule has 1 heterocycles. The van der Waals surface area contributed by atoms with Crippen LogP contribution in [0.3, 0.4) is 0 Å². The van der Waals surface area contributed by atoms with Crippen molar-refractivity contribution in [3.8, 4) is 39.1 Å². The van der Waals surface area contributed by atoms with Crippen LogP contribution in [-0.2, 0) is 10.8 Å². The molecule has 4 aliphatic carbocycles. The first kappa shape index (κ1) is 37.4. The number of benzene rings is 8. The molecule has 0 radical (unpaired) electrons. The summed E-state index contributed by atoms with van der Waals surface area (Å²) in [7, 11) is 0.